The maximum atomic E-state index is 11.3. The highest BCUT2D eigenvalue weighted by Crippen LogP contribution is 2.63. The Hall–Kier alpha value is -0.400. The highest BCUT2D eigenvalue weighted by molar-refractivity contribution is 5.14. The van der Waals surface area contributed by atoms with Crippen LogP contribution in [-0.4, -0.2) is 104 Å². The van der Waals surface area contributed by atoms with Crippen molar-refractivity contribution in [3.8, 4) is 0 Å². The average Bonchev–Trinajstić information content (AvgIpc) is 3.24. The molecule has 2 heterocycles. The van der Waals surface area contributed by atoms with E-state index in [1.165, 1.54) is 0 Å². The van der Waals surface area contributed by atoms with Crippen molar-refractivity contribution < 1.29 is 50.3 Å². The van der Waals surface area contributed by atoms with Crippen LogP contribution in [0.25, 0.3) is 0 Å². The molecule has 12 atom stereocenters. The van der Waals surface area contributed by atoms with Crippen LogP contribution in [0.1, 0.15) is 33.6 Å². The molecule has 4 aliphatic rings. The van der Waals surface area contributed by atoms with Crippen LogP contribution in [0.15, 0.2) is 0 Å². The summed E-state index contributed by atoms with van der Waals surface area (Å²) in [5.41, 5.74) is -1.42. The van der Waals surface area contributed by atoms with Gasteiger partial charge in [0.05, 0.1) is 37.6 Å². The van der Waals surface area contributed by atoms with Gasteiger partial charge in [0.1, 0.15) is 24.4 Å². The van der Waals surface area contributed by atoms with Gasteiger partial charge >= 0.3 is 0 Å². The van der Waals surface area contributed by atoms with Gasteiger partial charge in [-0.25, -0.2) is 0 Å². The number of fused-ring (bicyclic) bond motifs is 4. The second-order valence-electron chi connectivity index (χ2n) is 10.4. The van der Waals surface area contributed by atoms with E-state index in [-0.39, 0.29) is 35.8 Å². The molecule has 8 unspecified atom stereocenters. The largest absolute Gasteiger partial charge is 0.412 e. The first-order chi connectivity index (χ1) is 14.0. The van der Waals surface area contributed by atoms with Crippen molar-refractivity contribution in [2.24, 2.45) is 29.1 Å². The number of ether oxygens (including phenoxy) is 3. The summed E-state index contributed by atoms with van der Waals surface area (Å²) in [4.78, 5) is 0. The highest BCUT2D eigenvalue weighted by atomic mass is 16.7. The minimum absolute atomic E-state index is 0. The van der Waals surface area contributed by atoms with Gasteiger partial charge in [-0.1, -0.05) is 6.92 Å². The lowest BCUT2D eigenvalue weighted by atomic mass is 9.54. The zero-order valence-corrected chi connectivity index (χ0v) is 18.3. The van der Waals surface area contributed by atoms with E-state index in [4.69, 9.17) is 14.2 Å². The molecule has 31 heavy (non-hydrogen) atoms. The fourth-order valence-corrected chi connectivity index (χ4v) is 6.73. The first-order valence-electron chi connectivity index (χ1n) is 11.0. The maximum Gasteiger partial charge on any atom is 0.186 e. The van der Waals surface area contributed by atoms with E-state index in [9.17, 15) is 30.6 Å². The van der Waals surface area contributed by atoms with Crippen LogP contribution in [0.2, 0.25) is 0 Å². The summed E-state index contributed by atoms with van der Waals surface area (Å²) in [5.74, 6) is 0.168. The molecule has 8 N–H and O–H groups in total. The molecular formula is C21H38O10. The molecule has 0 amide bonds. The van der Waals surface area contributed by atoms with E-state index < -0.39 is 60.5 Å². The molecule has 0 aromatic heterocycles. The molecule has 0 aromatic carbocycles. The van der Waals surface area contributed by atoms with Gasteiger partial charge in [0, 0.05) is 11.3 Å². The molecule has 182 valence electrons. The molecule has 4 rings (SSSR count). The number of aliphatic hydroxyl groups excluding tert-OH is 5. The van der Waals surface area contributed by atoms with Gasteiger partial charge in [0.15, 0.2) is 6.29 Å². The van der Waals surface area contributed by atoms with Crippen LogP contribution in [0.4, 0.5) is 0 Å². The molecular weight excluding hydrogens is 412 g/mol. The summed E-state index contributed by atoms with van der Waals surface area (Å²) >= 11 is 0. The zero-order chi connectivity index (χ0) is 22.0. The lowest BCUT2D eigenvalue weighted by Crippen LogP contribution is -2.61. The van der Waals surface area contributed by atoms with E-state index in [0.29, 0.717) is 6.61 Å². The fraction of sp³-hybridized carbons (Fsp3) is 1.00. The Morgan fingerprint density at radius 3 is 2.35 bits per heavy atom. The molecule has 2 aliphatic heterocycles. The first-order valence-corrected chi connectivity index (χ1v) is 11.0. The smallest absolute Gasteiger partial charge is 0.186 e. The van der Waals surface area contributed by atoms with Crippen LogP contribution in [0.3, 0.4) is 0 Å². The Bertz CT molecular complexity index is 624. The molecule has 0 aromatic rings. The summed E-state index contributed by atoms with van der Waals surface area (Å²) in [6.07, 6.45) is -6.05. The van der Waals surface area contributed by atoms with Crippen molar-refractivity contribution in [3.05, 3.63) is 0 Å². The Balaban J connectivity index is 0.00000272. The monoisotopic (exact) mass is 450 g/mol. The topological polar surface area (TPSA) is 181 Å². The Labute approximate surface area is 182 Å². The van der Waals surface area contributed by atoms with Crippen LogP contribution in [-0.2, 0) is 14.2 Å². The van der Waals surface area contributed by atoms with Gasteiger partial charge in [0.2, 0.25) is 0 Å². The lowest BCUT2D eigenvalue weighted by Gasteiger charge is -2.52. The van der Waals surface area contributed by atoms with Gasteiger partial charge in [-0.15, -0.1) is 0 Å². The Morgan fingerprint density at radius 1 is 1.06 bits per heavy atom. The average molecular weight is 451 g/mol. The van der Waals surface area contributed by atoms with Crippen LogP contribution in [0.5, 0.6) is 0 Å². The van der Waals surface area contributed by atoms with Crippen LogP contribution >= 0.6 is 0 Å². The van der Waals surface area contributed by atoms with Crippen LogP contribution < -0.4 is 0 Å². The summed E-state index contributed by atoms with van der Waals surface area (Å²) in [7, 11) is 0. The molecule has 10 heteroatoms. The standard InChI is InChI=1S/C21H36O9.H2O/c1-20(2,27)13-10-8-28-17(13)18(26)21(3)9(4-5-11(10)21)7-29-19-16(25)15(24)14(23)12(6-22)30-19;/h9-19,22-27H,4-8H2,1-3H3;1H2/t9-,10?,11?,12?,13-,14?,15?,16?,17?,18+,19?,21-;/m0./s1. The molecule has 0 spiro atoms. The number of hydrogen-bond acceptors (Lipinski definition) is 9. The number of hydrogen-bond donors (Lipinski definition) is 6. The number of aliphatic hydroxyl groups is 6. The van der Waals surface area contributed by atoms with Crippen molar-refractivity contribution in [1.82, 2.24) is 0 Å². The Morgan fingerprint density at radius 2 is 1.74 bits per heavy atom. The number of rotatable bonds is 5. The quantitative estimate of drug-likeness (QED) is 0.270. The van der Waals surface area contributed by atoms with Crippen molar-refractivity contribution in [2.75, 3.05) is 19.8 Å². The van der Waals surface area contributed by atoms with Crippen LogP contribution in [0, 0.1) is 29.1 Å². The second kappa shape index (κ2) is 8.75. The molecule has 2 saturated heterocycles. The third-order valence-corrected chi connectivity index (χ3v) is 8.39. The Kier molecular flexibility index (Phi) is 7.12. The van der Waals surface area contributed by atoms with Crippen molar-refractivity contribution >= 4 is 0 Å². The molecule has 10 nitrogen and oxygen atoms in total. The highest BCUT2D eigenvalue weighted by Gasteiger charge is 2.67. The maximum absolute atomic E-state index is 11.3. The minimum Gasteiger partial charge on any atom is -0.412 e. The first kappa shape index (κ1) is 25.2. The van der Waals surface area contributed by atoms with Gasteiger partial charge < -0.3 is 50.3 Å². The molecule has 2 bridgehead atoms. The van der Waals surface area contributed by atoms with E-state index >= 15 is 0 Å². The van der Waals surface area contributed by atoms with Crippen molar-refractivity contribution in [2.45, 2.75) is 82.1 Å². The third kappa shape index (κ3) is 3.84. The lowest BCUT2D eigenvalue weighted by molar-refractivity contribution is -0.306. The van der Waals surface area contributed by atoms with E-state index in [2.05, 4.69) is 0 Å². The van der Waals surface area contributed by atoms with E-state index in [0.717, 1.165) is 12.8 Å². The summed E-state index contributed by atoms with van der Waals surface area (Å²) in [6, 6.07) is 0. The predicted octanol–water partition coefficient (Wildman–Crippen LogP) is -2.21. The predicted molar refractivity (Wildman–Crippen MR) is 107 cm³/mol. The summed E-state index contributed by atoms with van der Waals surface area (Å²) in [6.45, 7) is 5.81. The fourth-order valence-electron chi connectivity index (χ4n) is 6.73. The summed E-state index contributed by atoms with van der Waals surface area (Å²) < 4.78 is 17.2. The molecule has 0 radical (unpaired) electrons. The van der Waals surface area contributed by atoms with Crippen molar-refractivity contribution in [1.29, 1.82) is 0 Å². The van der Waals surface area contributed by atoms with Gasteiger partial charge in [0.25, 0.3) is 0 Å². The van der Waals surface area contributed by atoms with Crippen molar-refractivity contribution in [3.63, 3.8) is 0 Å². The van der Waals surface area contributed by atoms with E-state index in [1.54, 1.807) is 13.8 Å². The SMILES string of the molecule is CC(C)(O)[C@H]1C2COC1[C@@H](O)[C@]1(C)C2CC[C@H]1COC1OC(CO)C(O)C(O)C1O.O. The summed E-state index contributed by atoms with van der Waals surface area (Å²) in [5, 5.41) is 61.4. The van der Waals surface area contributed by atoms with Gasteiger partial charge in [-0.3, -0.25) is 0 Å². The minimum atomic E-state index is -1.48. The molecule has 2 aliphatic carbocycles. The second-order valence-corrected chi connectivity index (χ2v) is 10.4. The normalized spacial score (nSPS) is 52.0. The third-order valence-electron chi connectivity index (χ3n) is 8.39. The zero-order valence-electron chi connectivity index (χ0n) is 18.3. The molecule has 4 fully saturated rings. The van der Waals surface area contributed by atoms with E-state index in [1.807, 2.05) is 6.92 Å². The molecule has 2 saturated carbocycles. The van der Waals surface area contributed by atoms with Gasteiger partial charge in [-0.2, -0.15) is 0 Å². The van der Waals surface area contributed by atoms with Gasteiger partial charge in [-0.05, 0) is 44.4 Å².